The van der Waals surface area contributed by atoms with Crippen molar-refractivity contribution in [2.45, 2.75) is 39.2 Å². The van der Waals surface area contributed by atoms with E-state index in [4.69, 9.17) is 5.73 Å². The summed E-state index contributed by atoms with van der Waals surface area (Å²) in [6.07, 6.45) is 5.01. The Labute approximate surface area is 105 Å². The average molecular weight is 232 g/mol. The summed E-state index contributed by atoms with van der Waals surface area (Å²) in [7, 11) is 0. The average Bonchev–Trinajstić information content (AvgIpc) is 2.36. The Morgan fingerprint density at radius 1 is 1.29 bits per heavy atom. The molecule has 0 amide bonds. The van der Waals surface area contributed by atoms with Crippen molar-refractivity contribution in [2.24, 2.45) is 5.73 Å². The summed E-state index contributed by atoms with van der Waals surface area (Å²) in [5.74, 6) is 0. The number of aryl methyl sites for hydroxylation is 1. The van der Waals surface area contributed by atoms with Gasteiger partial charge in [-0.3, -0.25) is 4.90 Å². The zero-order valence-corrected chi connectivity index (χ0v) is 10.9. The second-order valence-corrected chi connectivity index (χ2v) is 5.02. The van der Waals surface area contributed by atoms with Crippen molar-refractivity contribution in [3.8, 4) is 0 Å². The van der Waals surface area contributed by atoms with Gasteiger partial charge in [-0.25, -0.2) is 0 Å². The van der Waals surface area contributed by atoms with Crippen LogP contribution in [0, 0.1) is 0 Å². The van der Waals surface area contributed by atoms with Crippen LogP contribution >= 0.6 is 0 Å². The van der Waals surface area contributed by atoms with E-state index in [0.29, 0.717) is 0 Å². The van der Waals surface area contributed by atoms with E-state index in [2.05, 4.69) is 30.0 Å². The Morgan fingerprint density at radius 2 is 2.18 bits per heavy atom. The summed E-state index contributed by atoms with van der Waals surface area (Å²) in [5, 5.41) is 0. The molecule has 94 valence electrons. The smallest absolute Gasteiger partial charge is 0.0237 e. The van der Waals surface area contributed by atoms with Gasteiger partial charge in [0, 0.05) is 26.2 Å². The highest BCUT2D eigenvalue weighted by atomic mass is 15.1. The summed E-state index contributed by atoms with van der Waals surface area (Å²) >= 11 is 0. The number of rotatable bonds is 5. The lowest BCUT2D eigenvalue weighted by Gasteiger charge is -2.28. The zero-order valence-electron chi connectivity index (χ0n) is 10.9. The maximum absolute atomic E-state index is 5.62. The molecule has 0 aromatic heterocycles. The van der Waals surface area contributed by atoms with Crippen molar-refractivity contribution in [1.29, 1.82) is 0 Å². The van der Waals surface area contributed by atoms with Gasteiger partial charge >= 0.3 is 0 Å². The van der Waals surface area contributed by atoms with Crippen molar-refractivity contribution in [1.82, 2.24) is 4.90 Å². The SMILES string of the molecule is CCCCc1ccc2c(c1)CCN(CCN)C2. The van der Waals surface area contributed by atoms with Crippen LogP contribution in [0.5, 0.6) is 0 Å². The van der Waals surface area contributed by atoms with Crippen LogP contribution in [0.4, 0.5) is 0 Å². The van der Waals surface area contributed by atoms with E-state index in [9.17, 15) is 0 Å². The molecule has 2 nitrogen and oxygen atoms in total. The molecule has 2 rings (SSSR count). The van der Waals surface area contributed by atoms with Crippen LogP contribution < -0.4 is 5.73 Å². The minimum absolute atomic E-state index is 0.768. The van der Waals surface area contributed by atoms with Gasteiger partial charge in [-0.05, 0) is 36.0 Å². The molecule has 0 radical (unpaired) electrons. The Hall–Kier alpha value is -0.860. The summed E-state index contributed by atoms with van der Waals surface area (Å²) in [5.41, 5.74) is 10.2. The Bertz CT molecular complexity index is 360. The molecular formula is C15H24N2. The van der Waals surface area contributed by atoms with Crippen LogP contribution in [0.2, 0.25) is 0 Å². The molecule has 1 aliphatic rings. The highest BCUT2D eigenvalue weighted by molar-refractivity contribution is 5.34. The zero-order chi connectivity index (χ0) is 12.1. The van der Waals surface area contributed by atoms with Gasteiger partial charge in [0.15, 0.2) is 0 Å². The lowest BCUT2D eigenvalue weighted by atomic mass is 9.95. The van der Waals surface area contributed by atoms with Gasteiger partial charge in [-0.2, -0.15) is 0 Å². The highest BCUT2D eigenvalue weighted by Gasteiger charge is 2.15. The molecule has 1 aliphatic heterocycles. The molecule has 2 heteroatoms. The van der Waals surface area contributed by atoms with Crippen molar-refractivity contribution in [3.05, 3.63) is 34.9 Å². The number of hydrogen-bond acceptors (Lipinski definition) is 2. The predicted octanol–water partition coefficient (Wildman–Crippen LogP) is 2.35. The number of benzene rings is 1. The number of unbranched alkanes of at least 4 members (excludes halogenated alkanes) is 1. The Morgan fingerprint density at radius 3 is 2.94 bits per heavy atom. The van der Waals surface area contributed by atoms with Crippen molar-refractivity contribution < 1.29 is 0 Å². The fraction of sp³-hybridized carbons (Fsp3) is 0.600. The predicted molar refractivity (Wildman–Crippen MR) is 73.1 cm³/mol. The number of nitrogens with zero attached hydrogens (tertiary/aromatic N) is 1. The van der Waals surface area contributed by atoms with Crippen molar-refractivity contribution >= 4 is 0 Å². The molecule has 2 N–H and O–H groups in total. The first-order valence-corrected chi connectivity index (χ1v) is 6.86. The number of hydrogen-bond donors (Lipinski definition) is 1. The third-order valence-corrected chi connectivity index (χ3v) is 3.63. The Balaban J connectivity index is 2.03. The molecule has 1 heterocycles. The minimum atomic E-state index is 0.768. The summed E-state index contributed by atoms with van der Waals surface area (Å²) in [6.45, 7) is 6.30. The molecule has 0 aliphatic carbocycles. The van der Waals surface area contributed by atoms with Gasteiger partial charge in [0.25, 0.3) is 0 Å². The molecule has 0 fully saturated rings. The first kappa shape index (κ1) is 12.6. The summed E-state index contributed by atoms with van der Waals surface area (Å²) in [6, 6.07) is 7.05. The highest BCUT2D eigenvalue weighted by Crippen LogP contribution is 2.20. The van der Waals surface area contributed by atoms with Crippen molar-refractivity contribution in [3.63, 3.8) is 0 Å². The molecular weight excluding hydrogens is 208 g/mol. The fourth-order valence-electron chi connectivity index (χ4n) is 2.57. The standard InChI is InChI=1S/C15H24N2/c1-2-3-4-13-5-6-15-12-17(10-8-16)9-7-14(15)11-13/h5-6,11H,2-4,7-10,12,16H2,1H3. The van der Waals surface area contributed by atoms with Gasteiger partial charge < -0.3 is 5.73 Å². The summed E-state index contributed by atoms with van der Waals surface area (Å²) in [4.78, 5) is 2.45. The number of fused-ring (bicyclic) bond motifs is 1. The first-order chi connectivity index (χ1) is 8.33. The van der Waals surface area contributed by atoms with Gasteiger partial charge in [0.05, 0.1) is 0 Å². The van der Waals surface area contributed by atoms with Crippen LogP contribution in [0.1, 0.15) is 36.5 Å². The molecule has 0 saturated carbocycles. The van der Waals surface area contributed by atoms with Gasteiger partial charge in [0.1, 0.15) is 0 Å². The largest absolute Gasteiger partial charge is 0.329 e. The second kappa shape index (κ2) is 6.18. The van der Waals surface area contributed by atoms with E-state index in [-0.39, 0.29) is 0 Å². The molecule has 17 heavy (non-hydrogen) atoms. The first-order valence-electron chi connectivity index (χ1n) is 6.86. The van der Waals surface area contributed by atoms with E-state index in [1.165, 1.54) is 43.4 Å². The summed E-state index contributed by atoms with van der Waals surface area (Å²) < 4.78 is 0. The van der Waals surface area contributed by atoms with Crippen LogP contribution in [-0.4, -0.2) is 24.5 Å². The maximum Gasteiger partial charge on any atom is 0.0237 e. The van der Waals surface area contributed by atoms with Crippen LogP contribution in [0.25, 0.3) is 0 Å². The van der Waals surface area contributed by atoms with Gasteiger partial charge in [-0.15, -0.1) is 0 Å². The van der Waals surface area contributed by atoms with Crippen LogP contribution in [0.3, 0.4) is 0 Å². The van der Waals surface area contributed by atoms with E-state index in [0.717, 1.165) is 19.6 Å². The van der Waals surface area contributed by atoms with E-state index < -0.39 is 0 Å². The monoisotopic (exact) mass is 232 g/mol. The Kier molecular flexibility index (Phi) is 4.57. The van der Waals surface area contributed by atoms with E-state index in [1.807, 2.05) is 0 Å². The van der Waals surface area contributed by atoms with Crippen molar-refractivity contribution in [2.75, 3.05) is 19.6 Å². The topological polar surface area (TPSA) is 29.3 Å². The normalized spacial score (nSPS) is 15.9. The van der Waals surface area contributed by atoms with Gasteiger partial charge in [-0.1, -0.05) is 31.5 Å². The molecule has 0 spiro atoms. The molecule has 0 atom stereocenters. The molecule has 1 aromatic rings. The third kappa shape index (κ3) is 3.30. The third-order valence-electron chi connectivity index (χ3n) is 3.63. The molecule has 0 unspecified atom stereocenters. The maximum atomic E-state index is 5.62. The van der Waals surface area contributed by atoms with Gasteiger partial charge in [0.2, 0.25) is 0 Å². The minimum Gasteiger partial charge on any atom is -0.329 e. The molecule has 1 aromatic carbocycles. The molecule has 0 bridgehead atoms. The van der Waals surface area contributed by atoms with E-state index >= 15 is 0 Å². The van der Waals surface area contributed by atoms with Crippen LogP contribution in [-0.2, 0) is 19.4 Å². The van der Waals surface area contributed by atoms with E-state index in [1.54, 1.807) is 5.56 Å². The quantitative estimate of drug-likeness (QED) is 0.844. The lowest BCUT2D eigenvalue weighted by molar-refractivity contribution is 0.261. The second-order valence-electron chi connectivity index (χ2n) is 5.02. The number of nitrogens with two attached hydrogens (primary N) is 1. The molecule has 0 saturated heterocycles. The van der Waals surface area contributed by atoms with Crippen LogP contribution in [0.15, 0.2) is 18.2 Å². The lowest BCUT2D eigenvalue weighted by Crippen LogP contribution is -2.34. The fourth-order valence-corrected chi connectivity index (χ4v) is 2.57.